The van der Waals surface area contributed by atoms with Gasteiger partial charge in [0.2, 0.25) is 5.91 Å². The van der Waals surface area contributed by atoms with Gasteiger partial charge in [-0.1, -0.05) is 25.8 Å². The number of rotatable bonds is 7. The highest BCUT2D eigenvalue weighted by atomic mass is 35.5. The lowest BCUT2D eigenvalue weighted by molar-refractivity contribution is -0.120. The Hall–Kier alpha value is -0.580. The summed E-state index contributed by atoms with van der Waals surface area (Å²) in [6, 6.07) is 3.48. The second-order valence-electron chi connectivity index (χ2n) is 3.90. The third-order valence-corrected chi connectivity index (χ3v) is 3.72. The molecule has 0 aliphatic heterocycles. The number of carbonyl (C=O) groups excluding carboxylic acids is 1. The Labute approximate surface area is 111 Å². The molecule has 96 valence electrons. The Morgan fingerprint density at radius 2 is 2.41 bits per heavy atom. The highest BCUT2D eigenvalue weighted by Crippen LogP contribution is 2.24. The first kappa shape index (κ1) is 14.5. The summed E-state index contributed by atoms with van der Waals surface area (Å²) in [5, 5.41) is 14.8. The molecule has 1 aromatic rings. The Morgan fingerprint density at radius 3 is 2.94 bits per heavy atom. The van der Waals surface area contributed by atoms with Gasteiger partial charge in [-0.15, -0.1) is 22.9 Å². The number of aliphatic hydroxyl groups excluding tert-OH is 1. The lowest BCUT2D eigenvalue weighted by Gasteiger charge is -2.22. The van der Waals surface area contributed by atoms with Crippen LogP contribution in [0.2, 0.25) is 0 Å². The minimum Gasteiger partial charge on any atom is -0.391 e. The van der Waals surface area contributed by atoms with Gasteiger partial charge in [0.1, 0.15) is 5.88 Å². The van der Waals surface area contributed by atoms with Crippen molar-refractivity contribution in [2.24, 2.45) is 0 Å². The number of thiophene rings is 1. The molecule has 2 N–H and O–H groups in total. The molecule has 0 saturated carbocycles. The van der Waals surface area contributed by atoms with Gasteiger partial charge in [0.15, 0.2) is 0 Å². The van der Waals surface area contributed by atoms with Gasteiger partial charge in [0.05, 0.1) is 12.1 Å². The van der Waals surface area contributed by atoms with Crippen molar-refractivity contribution in [1.29, 1.82) is 0 Å². The standard InChI is InChI=1S/C12H18ClNO2S/c1-2-3-5-9(15)12(14-11(16)8-13)10-6-4-7-17-10/h4,6-7,9,12,15H,2-3,5,8H2,1H3,(H,14,16)/t9-,12+/m0/s1. The van der Waals surface area contributed by atoms with E-state index < -0.39 is 6.10 Å². The van der Waals surface area contributed by atoms with Crippen LogP contribution in [0.5, 0.6) is 0 Å². The van der Waals surface area contributed by atoms with Gasteiger partial charge in [0, 0.05) is 4.88 Å². The summed E-state index contributed by atoms with van der Waals surface area (Å²) in [5.74, 6) is -0.330. The molecule has 5 heteroatoms. The average Bonchev–Trinajstić information content (AvgIpc) is 2.86. The zero-order valence-electron chi connectivity index (χ0n) is 9.86. The van der Waals surface area contributed by atoms with Crippen molar-refractivity contribution in [1.82, 2.24) is 5.32 Å². The normalized spacial score (nSPS) is 14.3. The summed E-state index contributed by atoms with van der Waals surface area (Å²) in [7, 11) is 0. The second-order valence-corrected chi connectivity index (χ2v) is 5.15. The van der Waals surface area contributed by atoms with E-state index in [-0.39, 0.29) is 17.8 Å². The third kappa shape index (κ3) is 4.66. The summed E-state index contributed by atoms with van der Waals surface area (Å²) >= 11 is 7.00. The van der Waals surface area contributed by atoms with Crippen LogP contribution >= 0.6 is 22.9 Å². The van der Waals surface area contributed by atoms with E-state index in [1.807, 2.05) is 17.5 Å². The smallest absolute Gasteiger partial charge is 0.235 e. The quantitative estimate of drug-likeness (QED) is 0.752. The molecule has 0 fully saturated rings. The molecule has 0 unspecified atom stereocenters. The highest BCUT2D eigenvalue weighted by molar-refractivity contribution is 7.10. The first-order valence-corrected chi connectivity index (χ1v) is 7.17. The number of alkyl halides is 1. The molecule has 2 atom stereocenters. The van der Waals surface area contributed by atoms with E-state index in [0.29, 0.717) is 6.42 Å². The molecular weight excluding hydrogens is 258 g/mol. The molecule has 0 radical (unpaired) electrons. The fourth-order valence-electron chi connectivity index (χ4n) is 1.62. The molecular formula is C12H18ClNO2S. The maximum absolute atomic E-state index is 11.3. The molecule has 0 spiro atoms. The maximum atomic E-state index is 11.3. The SMILES string of the molecule is CCCC[C@H](O)[C@@H](NC(=O)CCl)c1cccs1. The lowest BCUT2D eigenvalue weighted by Crippen LogP contribution is -2.36. The van der Waals surface area contributed by atoms with Gasteiger partial charge in [0.25, 0.3) is 0 Å². The van der Waals surface area contributed by atoms with E-state index in [1.165, 1.54) is 11.3 Å². The Kier molecular flexibility index (Phi) is 6.55. The van der Waals surface area contributed by atoms with Gasteiger partial charge < -0.3 is 10.4 Å². The fraction of sp³-hybridized carbons (Fsp3) is 0.583. The zero-order valence-corrected chi connectivity index (χ0v) is 11.4. The van der Waals surface area contributed by atoms with Crippen molar-refractivity contribution in [3.63, 3.8) is 0 Å². The molecule has 0 aliphatic rings. The summed E-state index contributed by atoms with van der Waals surface area (Å²) < 4.78 is 0. The van der Waals surface area contributed by atoms with E-state index >= 15 is 0 Å². The van der Waals surface area contributed by atoms with E-state index in [4.69, 9.17) is 11.6 Å². The molecule has 0 aliphatic carbocycles. The van der Waals surface area contributed by atoms with Crippen molar-refractivity contribution in [3.8, 4) is 0 Å². The average molecular weight is 276 g/mol. The number of carbonyl (C=O) groups is 1. The van der Waals surface area contributed by atoms with Crippen LogP contribution in [0.4, 0.5) is 0 Å². The van der Waals surface area contributed by atoms with Crippen molar-refractivity contribution in [2.75, 3.05) is 5.88 Å². The summed E-state index contributed by atoms with van der Waals surface area (Å²) in [5.41, 5.74) is 0. The van der Waals surface area contributed by atoms with Crippen molar-refractivity contribution in [3.05, 3.63) is 22.4 Å². The first-order valence-electron chi connectivity index (χ1n) is 5.75. The van der Waals surface area contributed by atoms with E-state index in [9.17, 15) is 9.90 Å². The predicted octanol–water partition coefficient (Wildman–Crippen LogP) is 2.70. The number of amides is 1. The van der Waals surface area contributed by atoms with Crippen LogP contribution in [0, 0.1) is 0 Å². The van der Waals surface area contributed by atoms with Crippen LogP contribution in [0.25, 0.3) is 0 Å². The van der Waals surface area contributed by atoms with E-state index in [2.05, 4.69) is 12.2 Å². The van der Waals surface area contributed by atoms with E-state index in [0.717, 1.165) is 17.7 Å². The molecule has 0 bridgehead atoms. The number of nitrogens with one attached hydrogen (secondary N) is 1. The van der Waals surface area contributed by atoms with E-state index in [1.54, 1.807) is 0 Å². The van der Waals surface area contributed by atoms with Gasteiger partial charge >= 0.3 is 0 Å². The minimum absolute atomic E-state index is 0.0810. The van der Waals surface area contributed by atoms with Crippen molar-refractivity contribution in [2.45, 2.75) is 38.3 Å². The Bertz CT molecular complexity index is 329. The lowest BCUT2D eigenvalue weighted by atomic mass is 10.0. The summed E-state index contributed by atoms with van der Waals surface area (Å²) in [6.45, 7) is 2.07. The molecule has 0 aromatic carbocycles. The summed E-state index contributed by atoms with van der Waals surface area (Å²) in [4.78, 5) is 12.3. The molecule has 0 saturated heterocycles. The van der Waals surface area contributed by atoms with Gasteiger partial charge in [-0.05, 0) is 17.9 Å². The number of halogens is 1. The van der Waals surface area contributed by atoms with Gasteiger partial charge in [-0.3, -0.25) is 4.79 Å². The van der Waals surface area contributed by atoms with Crippen molar-refractivity contribution >= 4 is 28.8 Å². The van der Waals surface area contributed by atoms with Gasteiger partial charge in [-0.2, -0.15) is 0 Å². The van der Waals surface area contributed by atoms with Crippen LogP contribution in [-0.2, 0) is 4.79 Å². The number of hydrogen-bond donors (Lipinski definition) is 2. The second kappa shape index (κ2) is 7.69. The molecule has 1 amide bonds. The third-order valence-electron chi connectivity index (χ3n) is 2.53. The Morgan fingerprint density at radius 1 is 1.65 bits per heavy atom. The van der Waals surface area contributed by atoms with Crippen LogP contribution in [0.15, 0.2) is 17.5 Å². The highest BCUT2D eigenvalue weighted by Gasteiger charge is 2.23. The topological polar surface area (TPSA) is 49.3 Å². The van der Waals surface area contributed by atoms with Crippen LogP contribution in [-0.4, -0.2) is 23.0 Å². The first-order chi connectivity index (χ1) is 8.19. The zero-order chi connectivity index (χ0) is 12.7. The number of hydrogen-bond acceptors (Lipinski definition) is 3. The van der Waals surface area contributed by atoms with Crippen molar-refractivity contribution < 1.29 is 9.90 Å². The predicted molar refractivity (Wildman–Crippen MR) is 71.5 cm³/mol. The van der Waals surface area contributed by atoms with Crippen LogP contribution < -0.4 is 5.32 Å². The van der Waals surface area contributed by atoms with Crippen LogP contribution in [0.1, 0.15) is 37.1 Å². The van der Waals surface area contributed by atoms with Crippen LogP contribution in [0.3, 0.4) is 0 Å². The molecule has 3 nitrogen and oxygen atoms in total. The molecule has 1 aromatic heterocycles. The largest absolute Gasteiger partial charge is 0.391 e. The molecule has 17 heavy (non-hydrogen) atoms. The number of unbranched alkanes of at least 4 members (excludes halogenated alkanes) is 1. The molecule has 1 heterocycles. The Balaban J connectivity index is 2.68. The number of aliphatic hydroxyl groups is 1. The fourth-order valence-corrected chi connectivity index (χ4v) is 2.53. The van der Waals surface area contributed by atoms with Gasteiger partial charge in [-0.25, -0.2) is 0 Å². The molecule has 1 rings (SSSR count). The monoisotopic (exact) mass is 275 g/mol. The minimum atomic E-state index is -0.555. The maximum Gasteiger partial charge on any atom is 0.235 e. The summed E-state index contributed by atoms with van der Waals surface area (Å²) in [6.07, 6.45) is 2.10.